The van der Waals surface area contributed by atoms with Gasteiger partial charge in [0, 0.05) is 6.92 Å². The molecule has 0 saturated heterocycles. The highest BCUT2D eigenvalue weighted by Crippen LogP contribution is 2.21. The van der Waals surface area contributed by atoms with E-state index in [1.165, 1.54) is 12.1 Å². The highest BCUT2D eigenvalue weighted by Gasteiger charge is 2.13. The SMILES string of the molecule is Cc1nc(CNC(=O)Nc2ccc(O)cc2C(=O)O)no1. The average Bonchev–Trinajstić information content (AvgIpc) is 2.84. The van der Waals surface area contributed by atoms with Crippen molar-refractivity contribution in [1.82, 2.24) is 15.5 Å². The Hall–Kier alpha value is -3.10. The standard InChI is InChI=1S/C12H12N4O5/c1-6-14-10(16-21-6)5-13-12(20)15-9-3-2-7(17)4-8(9)11(18)19/h2-4,17H,5H2,1H3,(H,18,19)(H2,13,15,20). The van der Waals surface area contributed by atoms with Gasteiger partial charge in [0.1, 0.15) is 5.75 Å². The summed E-state index contributed by atoms with van der Waals surface area (Å²) in [5, 5.41) is 26.7. The number of carbonyl (C=O) groups is 2. The summed E-state index contributed by atoms with van der Waals surface area (Å²) in [6, 6.07) is 2.97. The number of nitrogens with one attached hydrogen (secondary N) is 2. The van der Waals surface area contributed by atoms with Crippen molar-refractivity contribution in [3.63, 3.8) is 0 Å². The molecule has 110 valence electrons. The summed E-state index contributed by atoms with van der Waals surface area (Å²) in [6.45, 7) is 1.65. The predicted octanol–water partition coefficient (Wildman–Crippen LogP) is 1.10. The lowest BCUT2D eigenvalue weighted by Gasteiger charge is -2.09. The number of carboxylic acid groups (broad SMARTS) is 1. The molecule has 0 aliphatic rings. The lowest BCUT2D eigenvalue weighted by atomic mass is 10.1. The Morgan fingerprint density at radius 1 is 1.38 bits per heavy atom. The zero-order valence-corrected chi connectivity index (χ0v) is 11.0. The molecule has 0 spiro atoms. The third-order valence-electron chi connectivity index (χ3n) is 2.46. The van der Waals surface area contributed by atoms with Crippen molar-refractivity contribution in [2.24, 2.45) is 0 Å². The van der Waals surface area contributed by atoms with E-state index in [9.17, 15) is 14.7 Å². The molecule has 1 aromatic carbocycles. The second kappa shape index (κ2) is 5.90. The molecule has 0 saturated carbocycles. The number of hydrogen-bond acceptors (Lipinski definition) is 6. The molecule has 4 N–H and O–H groups in total. The molecule has 9 nitrogen and oxygen atoms in total. The van der Waals surface area contributed by atoms with E-state index in [2.05, 4.69) is 20.8 Å². The number of carboxylic acids is 1. The molecule has 2 rings (SSSR count). The van der Waals surface area contributed by atoms with Gasteiger partial charge in [-0.1, -0.05) is 5.16 Å². The number of rotatable bonds is 4. The number of hydrogen-bond donors (Lipinski definition) is 4. The van der Waals surface area contributed by atoms with E-state index in [4.69, 9.17) is 9.63 Å². The number of phenolic OH excluding ortho intramolecular Hbond substituents is 1. The van der Waals surface area contributed by atoms with E-state index in [0.717, 1.165) is 6.07 Å². The van der Waals surface area contributed by atoms with Crippen molar-refractivity contribution >= 4 is 17.7 Å². The lowest BCUT2D eigenvalue weighted by molar-refractivity contribution is 0.0697. The van der Waals surface area contributed by atoms with Crippen LogP contribution in [0.5, 0.6) is 5.75 Å². The number of benzene rings is 1. The van der Waals surface area contributed by atoms with Crippen molar-refractivity contribution in [1.29, 1.82) is 0 Å². The minimum atomic E-state index is -1.27. The molecule has 2 amide bonds. The van der Waals surface area contributed by atoms with E-state index in [1.807, 2.05) is 0 Å². The molecule has 0 aliphatic carbocycles. The van der Waals surface area contributed by atoms with E-state index in [0.29, 0.717) is 11.7 Å². The highest BCUT2D eigenvalue weighted by atomic mass is 16.5. The van der Waals surface area contributed by atoms with Gasteiger partial charge in [0.25, 0.3) is 0 Å². The van der Waals surface area contributed by atoms with Gasteiger partial charge in [-0.2, -0.15) is 4.98 Å². The number of carbonyl (C=O) groups excluding carboxylic acids is 1. The summed E-state index contributed by atoms with van der Waals surface area (Å²) >= 11 is 0. The molecule has 0 atom stereocenters. The first-order chi connectivity index (χ1) is 9.95. The van der Waals surface area contributed by atoms with Crippen LogP contribution in [0.15, 0.2) is 22.7 Å². The molecule has 0 unspecified atom stereocenters. The number of anilines is 1. The maximum absolute atomic E-state index is 11.7. The molecule has 1 heterocycles. The van der Waals surface area contributed by atoms with Crippen molar-refractivity contribution in [2.75, 3.05) is 5.32 Å². The Labute approximate surface area is 118 Å². The quantitative estimate of drug-likeness (QED) is 0.619. The van der Waals surface area contributed by atoms with Crippen molar-refractivity contribution in [3.05, 3.63) is 35.5 Å². The number of aromatic hydroxyl groups is 1. The maximum Gasteiger partial charge on any atom is 0.337 e. The number of aromatic nitrogens is 2. The van der Waals surface area contributed by atoms with Crippen LogP contribution in [0.4, 0.5) is 10.5 Å². The van der Waals surface area contributed by atoms with Gasteiger partial charge in [-0.05, 0) is 18.2 Å². The van der Waals surface area contributed by atoms with Crippen LogP contribution in [0.2, 0.25) is 0 Å². The van der Waals surface area contributed by atoms with Crippen LogP contribution in [-0.4, -0.2) is 32.4 Å². The molecular formula is C12H12N4O5. The summed E-state index contributed by atoms with van der Waals surface area (Å²) in [5.74, 6) is -0.804. The van der Waals surface area contributed by atoms with Crippen LogP contribution < -0.4 is 10.6 Å². The summed E-state index contributed by atoms with van der Waals surface area (Å²) < 4.78 is 4.74. The Morgan fingerprint density at radius 2 is 2.14 bits per heavy atom. The molecule has 21 heavy (non-hydrogen) atoms. The molecule has 2 aromatic rings. The zero-order valence-electron chi connectivity index (χ0n) is 11.0. The van der Waals surface area contributed by atoms with Gasteiger partial charge in [-0.15, -0.1) is 0 Å². The minimum Gasteiger partial charge on any atom is -0.508 e. The Morgan fingerprint density at radius 3 is 2.76 bits per heavy atom. The van der Waals surface area contributed by atoms with E-state index in [-0.39, 0.29) is 23.5 Å². The van der Waals surface area contributed by atoms with Crippen molar-refractivity contribution < 1.29 is 24.3 Å². The molecule has 0 aliphatic heterocycles. The van der Waals surface area contributed by atoms with Crippen LogP contribution in [-0.2, 0) is 6.54 Å². The van der Waals surface area contributed by atoms with Crippen LogP contribution >= 0.6 is 0 Å². The van der Waals surface area contributed by atoms with Crippen LogP contribution in [0.3, 0.4) is 0 Å². The zero-order chi connectivity index (χ0) is 15.4. The molecule has 1 aromatic heterocycles. The largest absolute Gasteiger partial charge is 0.508 e. The molecule has 0 bridgehead atoms. The monoisotopic (exact) mass is 292 g/mol. The van der Waals surface area contributed by atoms with Crippen molar-refractivity contribution in [2.45, 2.75) is 13.5 Å². The van der Waals surface area contributed by atoms with Gasteiger partial charge in [0.15, 0.2) is 5.82 Å². The molecular weight excluding hydrogens is 280 g/mol. The molecule has 0 fully saturated rings. The van der Waals surface area contributed by atoms with Crippen molar-refractivity contribution in [3.8, 4) is 5.75 Å². The van der Waals surface area contributed by atoms with Crippen LogP contribution in [0.1, 0.15) is 22.1 Å². The van der Waals surface area contributed by atoms with Crippen LogP contribution in [0, 0.1) is 6.92 Å². The summed E-state index contributed by atoms with van der Waals surface area (Å²) in [7, 11) is 0. The first-order valence-corrected chi connectivity index (χ1v) is 5.86. The van der Waals surface area contributed by atoms with E-state index in [1.54, 1.807) is 6.92 Å². The lowest BCUT2D eigenvalue weighted by Crippen LogP contribution is -2.29. The first kappa shape index (κ1) is 14.3. The Bertz CT molecular complexity index is 682. The fourth-order valence-electron chi connectivity index (χ4n) is 1.56. The van der Waals surface area contributed by atoms with Gasteiger partial charge >= 0.3 is 12.0 Å². The number of nitrogens with zero attached hydrogens (tertiary/aromatic N) is 2. The highest BCUT2D eigenvalue weighted by molar-refractivity contribution is 6.00. The second-order valence-electron chi connectivity index (χ2n) is 4.07. The fourth-order valence-corrected chi connectivity index (χ4v) is 1.56. The fraction of sp³-hybridized carbons (Fsp3) is 0.167. The smallest absolute Gasteiger partial charge is 0.337 e. The van der Waals surface area contributed by atoms with E-state index >= 15 is 0 Å². The average molecular weight is 292 g/mol. The van der Waals surface area contributed by atoms with E-state index < -0.39 is 12.0 Å². The topological polar surface area (TPSA) is 138 Å². The molecule has 9 heteroatoms. The first-order valence-electron chi connectivity index (χ1n) is 5.86. The van der Waals surface area contributed by atoms with Gasteiger partial charge in [0.2, 0.25) is 5.89 Å². The second-order valence-corrected chi connectivity index (χ2v) is 4.07. The summed E-state index contributed by atoms with van der Waals surface area (Å²) in [4.78, 5) is 26.6. The number of amides is 2. The number of urea groups is 1. The van der Waals surface area contributed by atoms with Gasteiger partial charge in [0.05, 0.1) is 17.8 Å². The minimum absolute atomic E-state index is 0.0314. The van der Waals surface area contributed by atoms with Gasteiger partial charge in [-0.3, -0.25) is 0 Å². The van der Waals surface area contributed by atoms with Gasteiger partial charge in [-0.25, -0.2) is 9.59 Å². The molecule has 0 radical (unpaired) electrons. The third kappa shape index (κ3) is 3.69. The maximum atomic E-state index is 11.7. The predicted molar refractivity (Wildman–Crippen MR) is 70.0 cm³/mol. The normalized spacial score (nSPS) is 10.1. The van der Waals surface area contributed by atoms with Gasteiger partial charge < -0.3 is 25.4 Å². The number of phenols is 1. The Kier molecular flexibility index (Phi) is 4.02. The summed E-state index contributed by atoms with van der Waals surface area (Å²) in [5.41, 5.74) is -0.164. The Balaban J connectivity index is 2.01. The van der Waals surface area contributed by atoms with Crippen LogP contribution in [0.25, 0.3) is 0 Å². The number of aromatic carboxylic acids is 1. The summed E-state index contributed by atoms with van der Waals surface area (Å²) in [6.07, 6.45) is 0. The number of aryl methyl sites for hydroxylation is 1. The third-order valence-corrected chi connectivity index (χ3v) is 2.46.